The second-order valence-electron chi connectivity index (χ2n) is 5.57. The van der Waals surface area contributed by atoms with Crippen LogP contribution in [-0.4, -0.2) is 67.2 Å². The molecule has 0 amide bonds. The molecule has 2 heterocycles. The molecule has 3 aromatic rings. The molecule has 0 N–H and O–H groups in total. The van der Waals surface area contributed by atoms with E-state index in [0.717, 1.165) is 16.6 Å². The minimum atomic E-state index is -1.26. The first-order valence-corrected chi connectivity index (χ1v) is 9.60. The van der Waals surface area contributed by atoms with Crippen LogP contribution in [0.1, 0.15) is 19.4 Å². The van der Waals surface area contributed by atoms with Gasteiger partial charge in [-0.15, -0.1) is 3.97 Å². The average molecular weight is 383 g/mol. The Morgan fingerprint density at radius 3 is 2.69 bits per heavy atom. The van der Waals surface area contributed by atoms with Crippen molar-refractivity contribution in [2.75, 3.05) is 12.9 Å². The monoisotopic (exact) mass is 383 g/mol. The summed E-state index contributed by atoms with van der Waals surface area (Å²) in [5.74, 6) is 1.24. The topological polar surface area (TPSA) is 72.2 Å². The maximum atomic E-state index is 12.3. The summed E-state index contributed by atoms with van der Waals surface area (Å²) in [5, 5.41) is 0. The van der Waals surface area contributed by atoms with Gasteiger partial charge in [0.05, 0.1) is 16.9 Å². The minimum absolute atomic E-state index is 0. The summed E-state index contributed by atoms with van der Waals surface area (Å²) >= 11 is -1.26. The van der Waals surface area contributed by atoms with Gasteiger partial charge in [-0.25, -0.2) is 4.98 Å². The van der Waals surface area contributed by atoms with Gasteiger partial charge >= 0.3 is 29.6 Å². The summed E-state index contributed by atoms with van der Waals surface area (Å²) in [4.78, 5) is 9.10. The van der Waals surface area contributed by atoms with Crippen molar-refractivity contribution in [1.82, 2.24) is 13.9 Å². The molecule has 0 radical (unpaired) electrons. The molecule has 0 spiro atoms. The maximum absolute atomic E-state index is 12.3. The van der Waals surface area contributed by atoms with Gasteiger partial charge in [0.2, 0.25) is 5.82 Å². The third-order valence-corrected chi connectivity index (χ3v) is 4.72. The zero-order valence-electron chi connectivity index (χ0n) is 14.7. The fraction of sp³-hybridized carbons (Fsp3) is 0.333. The van der Waals surface area contributed by atoms with Gasteiger partial charge in [-0.2, -0.15) is 0 Å². The van der Waals surface area contributed by atoms with Crippen molar-refractivity contribution >= 4 is 52.0 Å². The van der Waals surface area contributed by atoms with Gasteiger partial charge in [0, 0.05) is 18.4 Å². The van der Waals surface area contributed by atoms with E-state index in [2.05, 4.69) is 9.97 Å². The van der Waals surface area contributed by atoms with Crippen LogP contribution in [0, 0.1) is 6.92 Å². The van der Waals surface area contributed by atoms with E-state index in [0.29, 0.717) is 23.9 Å². The molecule has 0 aliphatic rings. The first-order valence-electron chi connectivity index (χ1n) is 8.08. The number of pyridine rings is 1. The van der Waals surface area contributed by atoms with Gasteiger partial charge in [-0.05, 0) is 39.0 Å². The number of imidazole rings is 1. The Kier molecular flexibility index (Phi) is 7.52. The summed E-state index contributed by atoms with van der Waals surface area (Å²) in [6.45, 7) is 6.25. The van der Waals surface area contributed by atoms with E-state index in [1.807, 2.05) is 45.0 Å². The predicted molar refractivity (Wildman–Crippen MR) is 106 cm³/mol. The van der Waals surface area contributed by atoms with Crippen LogP contribution < -0.4 is 4.74 Å². The number of nitrogens with zero attached hydrogens (tertiary/aromatic N) is 3. The van der Waals surface area contributed by atoms with E-state index in [-0.39, 0.29) is 35.8 Å². The van der Waals surface area contributed by atoms with E-state index < -0.39 is 11.4 Å². The number of hydrogen-bond donors (Lipinski definition) is 0. The van der Waals surface area contributed by atoms with Gasteiger partial charge in [-0.1, -0.05) is 12.1 Å². The molecule has 1 aromatic carbocycles. The van der Waals surface area contributed by atoms with Gasteiger partial charge in [-0.3, -0.25) is 4.98 Å². The fourth-order valence-electron chi connectivity index (χ4n) is 2.73. The van der Waals surface area contributed by atoms with Crippen molar-refractivity contribution in [1.29, 1.82) is 0 Å². The summed E-state index contributed by atoms with van der Waals surface area (Å²) in [5.41, 5.74) is 3.07. The molecule has 0 aliphatic carbocycles. The normalized spacial score (nSPS) is 13.3. The fourth-order valence-corrected chi connectivity index (χ4v) is 3.53. The summed E-state index contributed by atoms with van der Waals surface area (Å²) in [7, 11) is 0. The van der Waals surface area contributed by atoms with Crippen molar-refractivity contribution in [3.05, 3.63) is 42.1 Å². The van der Waals surface area contributed by atoms with Crippen molar-refractivity contribution in [2.24, 2.45) is 0 Å². The Morgan fingerprint density at radius 2 is 2.00 bits per heavy atom. The van der Waals surface area contributed by atoms with E-state index in [9.17, 15) is 4.55 Å². The summed E-state index contributed by atoms with van der Waals surface area (Å²) < 4.78 is 25.3. The van der Waals surface area contributed by atoms with Crippen LogP contribution >= 0.6 is 0 Å². The molecule has 0 aliphatic heterocycles. The molecule has 2 aromatic heterocycles. The molecule has 0 bridgehead atoms. The molecular formula is C18H22N3NaO3S. The van der Waals surface area contributed by atoms with E-state index in [1.54, 1.807) is 22.5 Å². The number of fused-ring (bicyclic) bond motifs is 1. The molecule has 3 rings (SSSR count). The van der Waals surface area contributed by atoms with E-state index >= 15 is 0 Å². The molecule has 2 unspecified atom stereocenters. The molecule has 6 nitrogen and oxygen atoms in total. The molecule has 26 heavy (non-hydrogen) atoms. The molecule has 0 saturated heterocycles. The number of para-hydroxylation sites is 2. The number of hydrogen-bond acceptors (Lipinski definition) is 5. The van der Waals surface area contributed by atoms with Gasteiger partial charge in [0.15, 0.2) is 6.29 Å². The standard InChI is InChI=1S/C18H21N3O3S.Na.H/c1-5-23-13(3)24-16-10-11-19-17(12(16)2)18-20-14-8-6-7-9-15(14)21(18)25(4)22;;/h6-11,13H,5H2,1-4H3;;. The quantitative estimate of drug-likeness (QED) is 0.372. The van der Waals surface area contributed by atoms with E-state index in [4.69, 9.17) is 9.47 Å². The third-order valence-electron chi connectivity index (χ3n) is 3.84. The number of benzene rings is 1. The van der Waals surface area contributed by atoms with Crippen molar-refractivity contribution in [2.45, 2.75) is 27.1 Å². The molecule has 0 saturated carbocycles. The number of rotatable bonds is 6. The Morgan fingerprint density at radius 1 is 1.27 bits per heavy atom. The van der Waals surface area contributed by atoms with Crippen LogP contribution in [0.2, 0.25) is 0 Å². The van der Waals surface area contributed by atoms with E-state index in [1.165, 1.54) is 0 Å². The van der Waals surface area contributed by atoms with Crippen LogP contribution in [-0.2, 0) is 16.1 Å². The van der Waals surface area contributed by atoms with Gasteiger partial charge in [0.1, 0.15) is 23.2 Å². The van der Waals surface area contributed by atoms with Crippen molar-refractivity contribution < 1.29 is 14.0 Å². The zero-order valence-corrected chi connectivity index (χ0v) is 15.5. The molecule has 2 atom stereocenters. The number of aromatic nitrogens is 3. The second kappa shape index (κ2) is 9.21. The first-order chi connectivity index (χ1) is 12.0. The van der Waals surface area contributed by atoms with Crippen molar-refractivity contribution in [3.63, 3.8) is 0 Å². The van der Waals surface area contributed by atoms with Crippen molar-refractivity contribution in [3.8, 4) is 17.3 Å². The Bertz CT molecular complexity index is 885. The first kappa shape index (κ1) is 21.2. The van der Waals surface area contributed by atoms with Crippen LogP contribution in [0.15, 0.2) is 36.5 Å². The Labute approximate surface area is 178 Å². The third kappa shape index (κ3) is 4.24. The summed E-state index contributed by atoms with van der Waals surface area (Å²) in [6, 6.07) is 9.41. The van der Waals surface area contributed by atoms with Crippen LogP contribution in [0.25, 0.3) is 22.6 Å². The van der Waals surface area contributed by atoms with Gasteiger partial charge < -0.3 is 14.0 Å². The molecular weight excluding hydrogens is 361 g/mol. The zero-order chi connectivity index (χ0) is 18.0. The predicted octanol–water partition coefficient (Wildman–Crippen LogP) is 2.66. The molecule has 8 heteroatoms. The number of ether oxygens (including phenoxy) is 2. The van der Waals surface area contributed by atoms with Gasteiger partial charge in [0.25, 0.3) is 0 Å². The Hall–Kier alpha value is -1.09. The second-order valence-corrected chi connectivity index (χ2v) is 6.78. The molecule has 134 valence electrons. The van der Waals surface area contributed by atoms with Crippen LogP contribution in [0.5, 0.6) is 5.75 Å². The summed E-state index contributed by atoms with van der Waals surface area (Å²) in [6.07, 6.45) is 2.93. The van der Waals surface area contributed by atoms with Crippen LogP contribution in [0.4, 0.5) is 0 Å². The van der Waals surface area contributed by atoms with Crippen LogP contribution in [0.3, 0.4) is 0 Å². The SMILES string of the molecule is CCOC(C)Oc1ccnc(-c2nc3ccccc3n2[S+](C)[O-])c1C.[NaH]. The molecule has 0 fully saturated rings. The Balaban J connectivity index is 0.00000243. The average Bonchev–Trinajstić information content (AvgIpc) is 2.96.